The number of primary amides is 2. The van der Waals surface area contributed by atoms with Crippen molar-refractivity contribution in [1.82, 2.24) is 4.90 Å². The van der Waals surface area contributed by atoms with Gasteiger partial charge in [0.1, 0.15) is 10.6 Å². The van der Waals surface area contributed by atoms with Crippen LogP contribution in [0.4, 0.5) is 0 Å². The van der Waals surface area contributed by atoms with Crippen LogP contribution in [0.2, 0.25) is 0 Å². The molecule has 0 radical (unpaired) electrons. The summed E-state index contributed by atoms with van der Waals surface area (Å²) in [5.74, 6) is -2.91. The van der Waals surface area contributed by atoms with Gasteiger partial charge in [0.15, 0.2) is 0 Å². The van der Waals surface area contributed by atoms with Crippen LogP contribution in [0.5, 0.6) is 0 Å². The Hall–Kier alpha value is -3.67. The maximum absolute atomic E-state index is 12.4. The number of aliphatic hydroxyl groups is 2. The molecule has 3 atom stereocenters. The summed E-state index contributed by atoms with van der Waals surface area (Å²) in [6.45, 7) is 0. The Morgan fingerprint density at radius 2 is 1.40 bits per heavy atom. The second-order valence-electron chi connectivity index (χ2n) is 8.44. The third-order valence-electron chi connectivity index (χ3n) is 6.14. The molecule has 2 aromatic rings. The van der Waals surface area contributed by atoms with Gasteiger partial charge < -0.3 is 26.8 Å². The number of carboxylic acid groups (broad SMARTS) is 1. The molecule has 7 N–H and O–H groups in total. The number of hydrogen-bond donors (Lipinski definition) is 5. The molecule has 182 valence electrons. The maximum Gasteiger partial charge on any atom is 0.353 e. The molecule has 0 saturated carbocycles. The normalized spacial score (nSPS) is 20.7. The van der Waals surface area contributed by atoms with Gasteiger partial charge in [0.2, 0.25) is 17.7 Å². The van der Waals surface area contributed by atoms with Crippen molar-refractivity contribution < 1.29 is 34.5 Å². The van der Waals surface area contributed by atoms with E-state index in [4.69, 9.17) is 11.5 Å². The van der Waals surface area contributed by atoms with Crippen LogP contribution >= 0.6 is 11.8 Å². The van der Waals surface area contributed by atoms with E-state index in [1.54, 1.807) is 12.1 Å². The Morgan fingerprint density at radius 1 is 0.914 bits per heavy atom. The number of carbonyl (C=O) groups is 4. The minimum Gasteiger partial charge on any atom is -0.477 e. The standard InChI is InChI=1S/C24H23N3O7S/c25-21(31)14-5-1-12(2-6-14)16(28)9-18-20(23(33)34)27-19(30)11-24(27,35-18)10-17(29)13-3-7-15(8-4-13)22(26)32/h1-8,16-17,28-29H,9-11H2,(H2,25,31)(H2,26,32)(H,33,34)/t16-,17-,24?/m0/s1. The Bertz CT molecular complexity index is 1240. The number of amides is 3. The summed E-state index contributed by atoms with van der Waals surface area (Å²) in [6, 6.07) is 12.1. The number of benzene rings is 2. The first kappa shape index (κ1) is 24.5. The number of carboxylic acids is 1. The zero-order valence-electron chi connectivity index (χ0n) is 18.4. The lowest BCUT2D eigenvalue weighted by molar-refractivity contribution is -0.152. The van der Waals surface area contributed by atoms with Gasteiger partial charge in [-0.1, -0.05) is 36.0 Å². The van der Waals surface area contributed by atoms with Crippen molar-refractivity contribution in [2.45, 2.75) is 36.3 Å². The van der Waals surface area contributed by atoms with Crippen molar-refractivity contribution >= 4 is 35.5 Å². The Labute approximate surface area is 204 Å². The molecule has 2 aromatic carbocycles. The molecule has 10 nitrogen and oxygen atoms in total. The lowest BCUT2D eigenvalue weighted by Gasteiger charge is -2.47. The number of aliphatic hydroxyl groups excluding tert-OH is 2. The van der Waals surface area contributed by atoms with Crippen molar-refractivity contribution in [3.63, 3.8) is 0 Å². The molecule has 2 aliphatic heterocycles. The molecule has 1 fully saturated rings. The summed E-state index contributed by atoms with van der Waals surface area (Å²) in [7, 11) is 0. The second kappa shape index (κ2) is 9.17. The average Bonchev–Trinajstić information content (AvgIpc) is 3.06. The van der Waals surface area contributed by atoms with Crippen LogP contribution in [0.1, 0.15) is 63.3 Å². The Kier molecular flexibility index (Phi) is 6.41. The molecular formula is C24H23N3O7S. The molecule has 4 rings (SSSR count). The molecule has 0 bridgehead atoms. The second-order valence-corrected chi connectivity index (χ2v) is 9.90. The van der Waals surface area contributed by atoms with E-state index in [1.807, 2.05) is 0 Å². The predicted octanol–water partition coefficient (Wildman–Crippen LogP) is 1.40. The largest absolute Gasteiger partial charge is 0.477 e. The van der Waals surface area contributed by atoms with Crippen molar-refractivity contribution in [3.8, 4) is 0 Å². The van der Waals surface area contributed by atoms with Gasteiger partial charge in [-0.15, -0.1) is 0 Å². The van der Waals surface area contributed by atoms with E-state index in [0.29, 0.717) is 16.0 Å². The number of thioether (sulfide) groups is 1. The zero-order chi connectivity index (χ0) is 25.5. The molecule has 0 aromatic heterocycles. The number of hydrogen-bond acceptors (Lipinski definition) is 7. The zero-order valence-corrected chi connectivity index (χ0v) is 19.2. The highest BCUT2D eigenvalue weighted by Crippen LogP contribution is 2.59. The third-order valence-corrected chi connectivity index (χ3v) is 7.62. The van der Waals surface area contributed by atoms with E-state index in [-0.39, 0.29) is 42.0 Å². The Balaban J connectivity index is 1.55. The van der Waals surface area contributed by atoms with Crippen LogP contribution in [-0.2, 0) is 9.59 Å². The summed E-state index contributed by atoms with van der Waals surface area (Å²) >= 11 is 1.15. The first-order valence-corrected chi connectivity index (χ1v) is 11.5. The van der Waals surface area contributed by atoms with Gasteiger partial charge >= 0.3 is 5.97 Å². The maximum atomic E-state index is 12.4. The predicted molar refractivity (Wildman–Crippen MR) is 126 cm³/mol. The highest BCUT2D eigenvalue weighted by Gasteiger charge is 2.60. The van der Waals surface area contributed by atoms with Crippen LogP contribution in [0.15, 0.2) is 59.1 Å². The first-order chi connectivity index (χ1) is 16.5. The quantitative estimate of drug-likeness (QED) is 0.322. The van der Waals surface area contributed by atoms with E-state index in [2.05, 4.69) is 0 Å². The monoisotopic (exact) mass is 497 g/mol. The highest BCUT2D eigenvalue weighted by atomic mass is 32.2. The van der Waals surface area contributed by atoms with Crippen LogP contribution < -0.4 is 11.5 Å². The van der Waals surface area contributed by atoms with Gasteiger partial charge in [-0.25, -0.2) is 4.79 Å². The number of fused-ring (bicyclic) bond motifs is 1. The smallest absolute Gasteiger partial charge is 0.353 e. The minimum absolute atomic E-state index is 0.0256. The number of nitrogens with zero attached hydrogens (tertiary/aromatic N) is 1. The highest BCUT2D eigenvalue weighted by molar-refractivity contribution is 8.04. The molecule has 0 spiro atoms. The minimum atomic E-state index is -1.31. The van der Waals surface area contributed by atoms with Crippen LogP contribution in [0.25, 0.3) is 0 Å². The van der Waals surface area contributed by atoms with E-state index >= 15 is 0 Å². The number of nitrogens with two attached hydrogens (primary N) is 2. The van der Waals surface area contributed by atoms with Gasteiger partial charge in [0, 0.05) is 28.9 Å². The van der Waals surface area contributed by atoms with Crippen molar-refractivity contribution in [2.75, 3.05) is 0 Å². The topological polar surface area (TPSA) is 184 Å². The Morgan fingerprint density at radius 3 is 1.83 bits per heavy atom. The lowest BCUT2D eigenvalue weighted by atomic mass is 9.90. The SMILES string of the molecule is NC(=O)c1ccc([C@@H](O)CC2=C(C(=O)O)N3C(=O)CC3(C[C@H](O)c3ccc(C(N)=O)cc3)S2)cc1. The van der Waals surface area contributed by atoms with Crippen LogP contribution in [0, 0.1) is 0 Å². The molecule has 1 saturated heterocycles. The van der Waals surface area contributed by atoms with Gasteiger partial charge in [0.25, 0.3) is 0 Å². The fourth-order valence-corrected chi connectivity index (χ4v) is 6.05. The summed E-state index contributed by atoms with van der Waals surface area (Å²) in [4.78, 5) is 47.6. The fraction of sp³-hybridized carbons (Fsp3) is 0.250. The van der Waals surface area contributed by atoms with Crippen molar-refractivity contribution in [1.29, 1.82) is 0 Å². The molecular weight excluding hydrogens is 474 g/mol. The summed E-state index contributed by atoms with van der Waals surface area (Å²) < 4.78 is 0. The third kappa shape index (κ3) is 4.53. The van der Waals surface area contributed by atoms with E-state index in [9.17, 15) is 34.5 Å². The average molecular weight is 498 g/mol. The van der Waals surface area contributed by atoms with Crippen molar-refractivity contribution in [2.24, 2.45) is 11.5 Å². The number of β-lactam (4-membered cyclic amide) rings is 1. The van der Waals surface area contributed by atoms with Gasteiger partial charge in [-0.05, 0) is 35.4 Å². The molecule has 11 heteroatoms. The van der Waals surface area contributed by atoms with Crippen LogP contribution in [0.3, 0.4) is 0 Å². The summed E-state index contributed by atoms with van der Waals surface area (Å²) in [6.07, 6.45) is -2.13. The van der Waals surface area contributed by atoms with Gasteiger partial charge in [-0.3, -0.25) is 19.3 Å². The van der Waals surface area contributed by atoms with Crippen LogP contribution in [-0.4, -0.2) is 48.8 Å². The fourth-order valence-electron chi connectivity index (χ4n) is 4.35. The molecule has 2 aliphatic rings. The number of rotatable bonds is 9. The van der Waals surface area contributed by atoms with E-state index < -0.39 is 34.9 Å². The van der Waals surface area contributed by atoms with E-state index in [1.165, 1.54) is 41.3 Å². The van der Waals surface area contributed by atoms with Gasteiger partial charge in [-0.2, -0.15) is 0 Å². The number of aliphatic carboxylic acids is 1. The first-order valence-electron chi connectivity index (χ1n) is 10.7. The molecule has 2 heterocycles. The summed E-state index contributed by atoms with van der Waals surface area (Å²) in [5, 5.41) is 31.4. The lowest BCUT2D eigenvalue weighted by Crippen LogP contribution is -2.59. The number of carbonyl (C=O) groups excluding carboxylic acids is 3. The van der Waals surface area contributed by atoms with Gasteiger partial charge in [0.05, 0.1) is 18.6 Å². The molecule has 3 amide bonds. The molecule has 1 unspecified atom stereocenters. The molecule has 35 heavy (non-hydrogen) atoms. The molecule has 0 aliphatic carbocycles. The van der Waals surface area contributed by atoms with Crippen molar-refractivity contribution in [3.05, 3.63) is 81.4 Å². The van der Waals surface area contributed by atoms with E-state index in [0.717, 1.165) is 11.8 Å². The summed E-state index contributed by atoms with van der Waals surface area (Å²) in [5.41, 5.74) is 11.8.